The van der Waals surface area contributed by atoms with Gasteiger partial charge in [0, 0.05) is 5.56 Å². The average molecular weight is 390 g/mol. The van der Waals surface area contributed by atoms with Gasteiger partial charge in [0.25, 0.3) is 0 Å². The monoisotopic (exact) mass is 389 g/mol. The zero-order valence-electron chi connectivity index (χ0n) is 18.8. The number of carbonyl (C=O) groups is 1. The van der Waals surface area contributed by atoms with Gasteiger partial charge in [-0.15, -0.1) is 0 Å². The van der Waals surface area contributed by atoms with Gasteiger partial charge in [-0.2, -0.15) is 0 Å². The first-order chi connectivity index (χ1) is 13.5. The molecule has 0 radical (unpaired) electrons. The van der Waals surface area contributed by atoms with E-state index >= 15 is 0 Å². The fourth-order valence-electron chi connectivity index (χ4n) is 3.51. The lowest BCUT2D eigenvalue weighted by Gasteiger charge is -2.39. The molecule has 0 unspecified atom stereocenters. The Morgan fingerprint density at radius 1 is 0.857 bits per heavy atom. The zero-order chi connectivity index (χ0) is 21.3. The third-order valence-electron chi connectivity index (χ3n) is 5.34. The van der Waals surface area contributed by atoms with Gasteiger partial charge in [-0.25, -0.2) is 0 Å². The minimum atomic E-state index is -1.17. The molecular formula is C25H43NO2. The van der Waals surface area contributed by atoms with Crippen LogP contribution < -0.4 is 5.11 Å². The van der Waals surface area contributed by atoms with Gasteiger partial charge in [0.1, 0.15) is 0 Å². The number of quaternary nitrogens is 1. The van der Waals surface area contributed by atoms with E-state index in [2.05, 4.69) is 34.3 Å². The largest absolute Gasteiger partial charge is 0.545 e. The van der Waals surface area contributed by atoms with E-state index in [0.29, 0.717) is 5.56 Å². The molecule has 0 spiro atoms. The van der Waals surface area contributed by atoms with E-state index < -0.39 is 5.97 Å². The fraction of sp³-hybridized carbons (Fsp3) is 0.640. The molecule has 0 atom stereocenters. The smallest absolute Gasteiger partial charge is 0.0786 e. The standard InChI is InChI=1S/C16H36N.C9H8O2/c1-5-9-13-17(14-10-6-2,15-11-7-3)16-12-8-4;1-2-7-5-3-4-6-8(7)9(10)11/h5-16H2,1-4H3;2-6H,1H2,(H,10,11)/q+1;/p-1. The van der Waals surface area contributed by atoms with Crippen molar-refractivity contribution in [3.05, 3.63) is 42.0 Å². The summed E-state index contributed by atoms with van der Waals surface area (Å²) >= 11 is 0. The molecule has 3 nitrogen and oxygen atoms in total. The first kappa shape index (κ1) is 26.4. The van der Waals surface area contributed by atoms with Gasteiger partial charge in [0.2, 0.25) is 0 Å². The van der Waals surface area contributed by atoms with Crippen molar-refractivity contribution in [2.45, 2.75) is 79.1 Å². The van der Waals surface area contributed by atoms with Gasteiger partial charge in [-0.05, 0) is 31.2 Å². The van der Waals surface area contributed by atoms with Crippen LogP contribution in [0.2, 0.25) is 0 Å². The summed E-state index contributed by atoms with van der Waals surface area (Å²) in [7, 11) is 0. The van der Waals surface area contributed by atoms with Crippen molar-refractivity contribution in [1.29, 1.82) is 0 Å². The van der Waals surface area contributed by atoms with Gasteiger partial charge in [0.15, 0.2) is 0 Å². The third-order valence-corrected chi connectivity index (χ3v) is 5.34. The second-order valence-electron chi connectivity index (χ2n) is 7.73. The van der Waals surface area contributed by atoms with Crippen molar-refractivity contribution in [3.8, 4) is 0 Å². The van der Waals surface area contributed by atoms with Gasteiger partial charge in [-0.1, -0.05) is 90.3 Å². The number of carbonyl (C=O) groups excluding carboxylic acids is 1. The second kappa shape index (κ2) is 16.4. The summed E-state index contributed by atoms with van der Waals surface area (Å²) in [5.41, 5.74) is 0.773. The van der Waals surface area contributed by atoms with E-state index in [1.54, 1.807) is 18.2 Å². The van der Waals surface area contributed by atoms with E-state index in [0.717, 1.165) is 0 Å². The van der Waals surface area contributed by atoms with Crippen molar-refractivity contribution in [2.75, 3.05) is 26.2 Å². The minimum Gasteiger partial charge on any atom is -0.545 e. The number of carboxylic acids is 1. The number of rotatable bonds is 14. The summed E-state index contributed by atoms with van der Waals surface area (Å²) in [6, 6.07) is 6.58. The number of benzene rings is 1. The molecule has 1 aromatic carbocycles. The summed E-state index contributed by atoms with van der Waals surface area (Å²) < 4.78 is 1.42. The van der Waals surface area contributed by atoms with Gasteiger partial charge >= 0.3 is 0 Å². The summed E-state index contributed by atoms with van der Waals surface area (Å²) in [6.45, 7) is 18.5. The Kier molecular flexibility index (Phi) is 15.4. The lowest BCUT2D eigenvalue weighted by molar-refractivity contribution is -0.929. The SMILES string of the molecule is C=Cc1ccccc1C(=O)[O-].CCCC[N+](CCCC)(CCCC)CCCC. The van der Waals surface area contributed by atoms with Crippen LogP contribution in [0.3, 0.4) is 0 Å². The third kappa shape index (κ3) is 10.7. The molecule has 0 saturated heterocycles. The molecule has 0 fully saturated rings. The van der Waals surface area contributed by atoms with Crippen molar-refractivity contribution >= 4 is 12.0 Å². The molecule has 0 aromatic heterocycles. The Labute approximate surface area is 174 Å². The van der Waals surface area contributed by atoms with Crippen LogP contribution in [0.15, 0.2) is 30.8 Å². The van der Waals surface area contributed by atoms with Gasteiger partial charge in [0.05, 0.1) is 32.1 Å². The topological polar surface area (TPSA) is 40.1 Å². The number of carboxylic acid groups (broad SMARTS) is 1. The molecule has 0 aliphatic carbocycles. The second-order valence-corrected chi connectivity index (χ2v) is 7.73. The molecule has 0 aliphatic heterocycles. The normalized spacial score (nSPS) is 10.9. The Balaban J connectivity index is 0.000000567. The Hall–Kier alpha value is -1.61. The molecule has 0 amide bonds. The summed E-state index contributed by atoms with van der Waals surface area (Å²) in [5.74, 6) is -1.17. The molecule has 1 aromatic rings. The predicted molar refractivity (Wildman–Crippen MR) is 120 cm³/mol. The lowest BCUT2D eigenvalue weighted by atomic mass is 10.1. The lowest BCUT2D eigenvalue weighted by Crippen LogP contribution is -2.50. The van der Waals surface area contributed by atoms with Crippen molar-refractivity contribution in [1.82, 2.24) is 0 Å². The number of aromatic carboxylic acids is 1. The van der Waals surface area contributed by atoms with E-state index in [1.807, 2.05) is 0 Å². The molecule has 0 saturated carbocycles. The highest BCUT2D eigenvalue weighted by Gasteiger charge is 2.24. The fourth-order valence-corrected chi connectivity index (χ4v) is 3.51. The molecule has 0 N–H and O–H groups in total. The molecule has 1 rings (SSSR count). The highest BCUT2D eigenvalue weighted by molar-refractivity contribution is 5.90. The predicted octanol–water partition coefficient (Wildman–Crippen LogP) is 5.70. The molecule has 0 aliphatic rings. The van der Waals surface area contributed by atoms with E-state index in [9.17, 15) is 9.90 Å². The average Bonchev–Trinajstić information content (AvgIpc) is 2.73. The molecule has 0 heterocycles. The maximum atomic E-state index is 10.4. The van der Waals surface area contributed by atoms with Crippen molar-refractivity contribution < 1.29 is 14.4 Å². The summed E-state index contributed by atoms with van der Waals surface area (Å²) in [6.07, 6.45) is 12.6. The van der Waals surface area contributed by atoms with Crippen LogP contribution in [0.25, 0.3) is 6.08 Å². The van der Waals surface area contributed by atoms with Crippen molar-refractivity contribution in [3.63, 3.8) is 0 Å². The van der Waals surface area contributed by atoms with Crippen LogP contribution in [0, 0.1) is 0 Å². The highest BCUT2D eigenvalue weighted by atomic mass is 16.4. The summed E-state index contributed by atoms with van der Waals surface area (Å²) in [4.78, 5) is 10.4. The quantitative estimate of drug-likeness (QED) is 0.383. The number of unbranched alkanes of at least 4 members (excludes halogenated alkanes) is 4. The van der Waals surface area contributed by atoms with Crippen LogP contribution in [-0.2, 0) is 0 Å². The number of hydrogen-bond acceptors (Lipinski definition) is 2. The van der Waals surface area contributed by atoms with Crippen LogP contribution in [-0.4, -0.2) is 36.6 Å². The van der Waals surface area contributed by atoms with E-state index in [4.69, 9.17) is 0 Å². The van der Waals surface area contributed by atoms with Crippen LogP contribution >= 0.6 is 0 Å². The minimum absolute atomic E-state index is 0.183. The van der Waals surface area contributed by atoms with Crippen molar-refractivity contribution in [2.24, 2.45) is 0 Å². The van der Waals surface area contributed by atoms with Crippen LogP contribution in [0.4, 0.5) is 0 Å². The van der Waals surface area contributed by atoms with Crippen LogP contribution in [0.5, 0.6) is 0 Å². The molecule has 3 heteroatoms. The highest BCUT2D eigenvalue weighted by Crippen LogP contribution is 2.16. The Bertz CT molecular complexity index is 502. The Morgan fingerprint density at radius 3 is 1.54 bits per heavy atom. The number of hydrogen-bond donors (Lipinski definition) is 0. The maximum Gasteiger partial charge on any atom is 0.0786 e. The van der Waals surface area contributed by atoms with Crippen LogP contribution in [0.1, 0.15) is 95.0 Å². The van der Waals surface area contributed by atoms with Gasteiger partial charge < -0.3 is 14.4 Å². The first-order valence-corrected chi connectivity index (χ1v) is 11.3. The maximum absolute atomic E-state index is 10.4. The summed E-state index contributed by atoms with van der Waals surface area (Å²) in [5, 5.41) is 10.4. The molecular weight excluding hydrogens is 346 g/mol. The zero-order valence-corrected chi connectivity index (χ0v) is 18.8. The van der Waals surface area contributed by atoms with Gasteiger partial charge in [-0.3, -0.25) is 0 Å². The number of nitrogens with zero attached hydrogens (tertiary/aromatic N) is 1. The molecule has 0 bridgehead atoms. The first-order valence-electron chi connectivity index (χ1n) is 11.3. The Morgan fingerprint density at radius 2 is 1.25 bits per heavy atom. The molecule has 160 valence electrons. The molecule has 28 heavy (non-hydrogen) atoms. The van der Waals surface area contributed by atoms with E-state index in [-0.39, 0.29) is 5.56 Å². The van der Waals surface area contributed by atoms with E-state index in [1.165, 1.54) is 94.2 Å².